The van der Waals surface area contributed by atoms with Crippen LogP contribution in [0.3, 0.4) is 0 Å². The smallest absolute Gasteiger partial charge is 0.221 e. The number of amides is 1. The van der Waals surface area contributed by atoms with Gasteiger partial charge in [-0.15, -0.1) is 0 Å². The van der Waals surface area contributed by atoms with Gasteiger partial charge in [0.25, 0.3) is 0 Å². The van der Waals surface area contributed by atoms with Gasteiger partial charge in [-0.25, -0.2) is 9.37 Å². The van der Waals surface area contributed by atoms with E-state index < -0.39 is 0 Å². The van der Waals surface area contributed by atoms with Crippen molar-refractivity contribution in [2.75, 3.05) is 6.54 Å². The predicted molar refractivity (Wildman–Crippen MR) is 101 cm³/mol. The third kappa shape index (κ3) is 3.93. The van der Waals surface area contributed by atoms with Crippen molar-refractivity contribution in [3.05, 3.63) is 71.4 Å². The van der Waals surface area contributed by atoms with Crippen LogP contribution in [-0.4, -0.2) is 21.8 Å². The van der Waals surface area contributed by atoms with Crippen molar-refractivity contribution in [1.82, 2.24) is 14.7 Å². The number of rotatable bonds is 6. The zero-order chi connectivity index (χ0) is 18.7. The van der Waals surface area contributed by atoms with Crippen molar-refractivity contribution in [1.29, 1.82) is 0 Å². The molecule has 136 valence electrons. The Hall–Kier alpha value is -2.69. The number of benzene rings is 1. The Balaban J connectivity index is 2.01. The van der Waals surface area contributed by atoms with Crippen LogP contribution in [0.15, 0.2) is 48.7 Å². The Morgan fingerprint density at radius 1 is 1.23 bits per heavy atom. The van der Waals surface area contributed by atoms with E-state index in [2.05, 4.69) is 24.1 Å². The molecule has 0 spiro atoms. The van der Waals surface area contributed by atoms with Crippen LogP contribution in [0.1, 0.15) is 43.1 Å². The van der Waals surface area contributed by atoms with E-state index in [1.54, 1.807) is 12.3 Å². The molecular formula is C21H24FN3O. The van der Waals surface area contributed by atoms with Crippen LogP contribution in [0.2, 0.25) is 0 Å². The molecular weight excluding hydrogens is 329 g/mol. The molecule has 0 aliphatic rings. The monoisotopic (exact) mass is 353 g/mol. The van der Waals surface area contributed by atoms with E-state index in [0.717, 1.165) is 22.6 Å². The van der Waals surface area contributed by atoms with Crippen LogP contribution >= 0.6 is 0 Å². The topological polar surface area (TPSA) is 46.4 Å². The average Bonchev–Trinajstić information content (AvgIpc) is 3.03. The molecule has 0 saturated carbocycles. The van der Waals surface area contributed by atoms with Gasteiger partial charge in [0, 0.05) is 30.8 Å². The summed E-state index contributed by atoms with van der Waals surface area (Å²) in [5, 5.41) is 2.96. The van der Waals surface area contributed by atoms with Gasteiger partial charge in [-0.05, 0) is 42.7 Å². The lowest BCUT2D eigenvalue weighted by Crippen LogP contribution is -2.29. The maximum Gasteiger partial charge on any atom is 0.221 e. The van der Waals surface area contributed by atoms with Crippen molar-refractivity contribution < 1.29 is 9.18 Å². The summed E-state index contributed by atoms with van der Waals surface area (Å²) in [7, 11) is 0. The summed E-state index contributed by atoms with van der Waals surface area (Å²) in [6.45, 7) is 6.73. The lowest BCUT2D eigenvalue weighted by atomic mass is 9.92. The molecule has 0 bridgehead atoms. The molecule has 0 saturated heterocycles. The van der Waals surface area contributed by atoms with Gasteiger partial charge in [-0.2, -0.15) is 0 Å². The summed E-state index contributed by atoms with van der Waals surface area (Å²) >= 11 is 0. The maximum atomic E-state index is 13.8. The summed E-state index contributed by atoms with van der Waals surface area (Å²) in [4.78, 5) is 17.0. The molecule has 1 N–H and O–H groups in total. The minimum atomic E-state index is -0.305. The molecule has 1 unspecified atom stereocenters. The molecule has 2 aromatic heterocycles. The number of hydrogen-bond donors (Lipinski definition) is 1. The van der Waals surface area contributed by atoms with Gasteiger partial charge < -0.3 is 9.72 Å². The summed E-state index contributed by atoms with van der Waals surface area (Å²) in [5.41, 5.74) is 3.51. The predicted octanol–water partition coefficient (Wildman–Crippen LogP) is 4.08. The second-order valence-electron chi connectivity index (χ2n) is 7.05. The molecule has 0 aliphatic carbocycles. The zero-order valence-corrected chi connectivity index (χ0v) is 15.4. The highest BCUT2D eigenvalue weighted by Gasteiger charge is 2.23. The minimum Gasteiger partial charge on any atom is -0.356 e. The number of nitrogens with one attached hydrogen (secondary N) is 1. The van der Waals surface area contributed by atoms with Crippen LogP contribution in [0.25, 0.3) is 5.65 Å². The fourth-order valence-corrected chi connectivity index (χ4v) is 3.17. The molecule has 1 amide bonds. The van der Waals surface area contributed by atoms with Gasteiger partial charge in [0.2, 0.25) is 5.91 Å². The number of aryl methyl sites for hydroxylation is 1. The molecule has 3 rings (SSSR count). The maximum absolute atomic E-state index is 13.8. The van der Waals surface area contributed by atoms with Gasteiger partial charge in [0.1, 0.15) is 11.5 Å². The average molecular weight is 353 g/mol. The molecule has 1 aromatic carbocycles. The molecule has 5 heteroatoms. The number of fused-ring (bicyclic) bond motifs is 1. The summed E-state index contributed by atoms with van der Waals surface area (Å²) in [5.74, 6) is -0.240. The highest BCUT2D eigenvalue weighted by Crippen LogP contribution is 2.30. The lowest BCUT2D eigenvalue weighted by molar-refractivity contribution is -0.121. The Bertz CT molecular complexity index is 917. The number of carbonyl (C=O) groups excluding carboxylic acids is 1. The molecule has 2 heterocycles. The van der Waals surface area contributed by atoms with Gasteiger partial charge >= 0.3 is 0 Å². The van der Waals surface area contributed by atoms with Crippen LogP contribution in [0, 0.1) is 18.7 Å². The first-order valence-electron chi connectivity index (χ1n) is 8.91. The quantitative estimate of drug-likeness (QED) is 0.726. The summed E-state index contributed by atoms with van der Waals surface area (Å²) in [6, 6.07) is 12.3. The number of pyridine rings is 1. The van der Waals surface area contributed by atoms with Crippen molar-refractivity contribution in [3.8, 4) is 0 Å². The van der Waals surface area contributed by atoms with Crippen molar-refractivity contribution in [2.24, 2.45) is 5.92 Å². The van der Waals surface area contributed by atoms with Crippen molar-refractivity contribution in [3.63, 3.8) is 0 Å². The SMILES string of the molecule is Cc1cccc2ncc(C(CC(=O)NCC(C)C)c3cccc(F)c3)n12. The largest absolute Gasteiger partial charge is 0.356 e. The second-order valence-corrected chi connectivity index (χ2v) is 7.05. The molecule has 1 atom stereocenters. The van der Waals surface area contributed by atoms with Crippen LogP contribution in [-0.2, 0) is 4.79 Å². The van der Waals surface area contributed by atoms with Crippen molar-refractivity contribution in [2.45, 2.75) is 33.1 Å². The van der Waals surface area contributed by atoms with E-state index >= 15 is 0 Å². The van der Waals surface area contributed by atoms with Crippen LogP contribution < -0.4 is 5.32 Å². The highest BCUT2D eigenvalue weighted by atomic mass is 19.1. The number of nitrogens with zero attached hydrogens (tertiary/aromatic N) is 2. The number of carbonyl (C=O) groups is 1. The lowest BCUT2D eigenvalue weighted by Gasteiger charge is -2.19. The molecule has 26 heavy (non-hydrogen) atoms. The van der Waals surface area contributed by atoms with E-state index in [1.807, 2.05) is 35.6 Å². The Kier molecular flexibility index (Phi) is 5.35. The normalized spacial score (nSPS) is 12.5. The fraction of sp³-hybridized carbons (Fsp3) is 0.333. The Labute approximate surface area is 153 Å². The van der Waals surface area contributed by atoms with E-state index in [4.69, 9.17) is 0 Å². The first-order chi connectivity index (χ1) is 12.5. The van der Waals surface area contributed by atoms with Gasteiger partial charge in [0.05, 0.1) is 5.69 Å². The van der Waals surface area contributed by atoms with E-state index in [1.165, 1.54) is 12.1 Å². The number of hydrogen-bond acceptors (Lipinski definition) is 2. The van der Waals surface area contributed by atoms with Crippen molar-refractivity contribution >= 4 is 11.6 Å². The third-order valence-electron chi connectivity index (χ3n) is 4.46. The zero-order valence-electron chi connectivity index (χ0n) is 15.4. The molecule has 3 aromatic rings. The minimum absolute atomic E-state index is 0.0449. The summed E-state index contributed by atoms with van der Waals surface area (Å²) in [6.07, 6.45) is 2.03. The number of halogens is 1. The Morgan fingerprint density at radius 2 is 2.00 bits per heavy atom. The molecule has 0 radical (unpaired) electrons. The van der Waals surface area contributed by atoms with Gasteiger partial charge in [-0.3, -0.25) is 4.79 Å². The Morgan fingerprint density at radius 3 is 2.73 bits per heavy atom. The van der Waals surface area contributed by atoms with E-state index in [0.29, 0.717) is 12.5 Å². The third-order valence-corrected chi connectivity index (χ3v) is 4.46. The first-order valence-corrected chi connectivity index (χ1v) is 8.91. The van der Waals surface area contributed by atoms with E-state index in [-0.39, 0.29) is 24.1 Å². The van der Waals surface area contributed by atoms with E-state index in [9.17, 15) is 9.18 Å². The van der Waals surface area contributed by atoms with Crippen LogP contribution in [0.4, 0.5) is 4.39 Å². The molecule has 4 nitrogen and oxygen atoms in total. The standard InChI is InChI=1S/C21H24FN3O/c1-14(2)12-24-21(26)11-18(16-7-5-8-17(22)10-16)19-13-23-20-9-4-6-15(3)25(19)20/h4-10,13-14,18H,11-12H2,1-3H3,(H,24,26). The van der Waals surface area contributed by atoms with Crippen LogP contribution in [0.5, 0.6) is 0 Å². The fourth-order valence-electron chi connectivity index (χ4n) is 3.17. The molecule has 0 aliphatic heterocycles. The van der Waals surface area contributed by atoms with Gasteiger partial charge in [-0.1, -0.05) is 32.0 Å². The number of aromatic nitrogens is 2. The summed E-state index contributed by atoms with van der Waals surface area (Å²) < 4.78 is 15.9. The first kappa shape index (κ1) is 18.1. The number of imidazole rings is 1. The molecule has 0 fully saturated rings. The second kappa shape index (κ2) is 7.68. The highest BCUT2D eigenvalue weighted by molar-refractivity contribution is 5.77. The van der Waals surface area contributed by atoms with Gasteiger partial charge in [0.15, 0.2) is 0 Å².